The molecule has 4 rings (SSSR count). The second-order valence-corrected chi connectivity index (χ2v) is 7.34. The van der Waals surface area contributed by atoms with Crippen molar-refractivity contribution in [3.63, 3.8) is 0 Å². The Morgan fingerprint density at radius 3 is 2.84 bits per heavy atom. The van der Waals surface area contributed by atoms with E-state index in [0.717, 1.165) is 17.0 Å². The quantitative estimate of drug-likeness (QED) is 0.437. The van der Waals surface area contributed by atoms with Crippen LogP contribution >= 0.6 is 0 Å². The zero-order valence-electron chi connectivity index (χ0n) is 17.2. The lowest BCUT2D eigenvalue weighted by Gasteiger charge is -2.06. The molecule has 0 bridgehead atoms. The lowest BCUT2D eigenvalue weighted by Crippen LogP contribution is -2.26. The Labute approximate surface area is 180 Å². The smallest absolute Gasteiger partial charge is 0.256 e. The molecule has 3 aromatic rings. The van der Waals surface area contributed by atoms with Gasteiger partial charge < -0.3 is 15.6 Å². The van der Waals surface area contributed by atoms with Crippen molar-refractivity contribution in [3.8, 4) is 0 Å². The van der Waals surface area contributed by atoms with Crippen molar-refractivity contribution < 1.29 is 9.59 Å². The van der Waals surface area contributed by atoms with E-state index in [-0.39, 0.29) is 11.8 Å². The Balaban J connectivity index is 1.57. The summed E-state index contributed by atoms with van der Waals surface area (Å²) >= 11 is 0. The molecule has 3 heterocycles. The molecular weight excluding hydrogens is 390 g/mol. The Kier molecular flexibility index (Phi) is 5.37. The summed E-state index contributed by atoms with van der Waals surface area (Å²) in [4.78, 5) is 36.2. The molecule has 0 saturated carbocycles. The first-order valence-electron chi connectivity index (χ1n) is 9.90. The first-order chi connectivity index (χ1) is 15.0. The monoisotopic (exact) mass is 411 g/mol. The highest BCUT2D eigenvalue weighted by Crippen LogP contribution is 2.36. The number of pyridine rings is 1. The first-order valence-corrected chi connectivity index (χ1v) is 9.90. The van der Waals surface area contributed by atoms with E-state index >= 15 is 0 Å². The van der Waals surface area contributed by atoms with Crippen LogP contribution in [0.25, 0.3) is 16.5 Å². The summed E-state index contributed by atoms with van der Waals surface area (Å²) in [5.41, 5.74) is 5.97. The number of amides is 2. The van der Waals surface area contributed by atoms with E-state index in [1.165, 1.54) is 0 Å². The molecule has 31 heavy (non-hydrogen) atoms. The lowest BCUT2D eigenvalue weighted by molar-refractivity contribution is -0.110. The molecule has 2 amide bonds. The largest absolute Gasteiger partial charge is 0.358 e. The summed E-state index contributed by atoms with van der Waals surface area (Å²) in [6, 6.07) is 10.8. The molecule has 7 heteroatoms. The fraction of sp³-hybridized carbons (Fsp3) is 0.167. The number of benzene rings is 1. The Morgan fingerprint density at radius 1 is 1.26 bits per heavy atom. The molecule has 0 fully saturated rings. The van der Waals surface area contributed by atoms with Crippen LogP contribution in [0.3, 0.4) is 0 Å². The lowest BCUT2D eigenvalue weighted by atomic mass is 10.0. The van der Waals surface area contributed by atoms with E-state index in [2.05, 4.69) is 25.4 Å². The summed E-state index contributed by atoms with van der Waals surface area (Å²) in [6.45, 7) is 11.4. The van der Waals surface area contributed by atoms with Gasteiger partial charge in [-0.05, 0) is 49.8 Å². The number of rotatable bonds is 5. The number of H-pyrrole nitrogens is 1. The van der Waals surface area contributed by atoms with Crippen LogP contribution in [0.4, 0.5) is 11.4 Å². The van der Waals surface area contributed by atoms with Crippen molar-refractivity contribution in [2.75, 3.05) is 11.9 Å². The fourth-order valence-electron chi connectivity index (χ4n) is 3.73. The maximum Gasteiger partial charge on any atom is 0.256 e. The zero-order chi connectivity index (χ0) is 22.0. The number of nitrogens with one attached hydrogen (secondary N) is 3. The van der Waals surface area contributed by atoms with Crippen LogP contribution in [-0.2, 0) is 11.2 Å². The van der Waals surface area contributed by atoms with Crippen molar-refractivity contribution in [3.05, 3.63) is 87.8 Å². The van der Waals surface area contributed by atoms with Gasteiger partial charge in [0.05, 0.1) is 12.1 Å². The van der Waals surface area contributed by atoms with E-state index in [9.17, 15) is 9.59 Å². The average molecular weight is 411 g/mol. The highest BCUT2D eigenvalue weighted by atomic mass is 16.2. The Hall–Kier alpha value is -4.18. The molecule has 0 atom stereocenters. The van der Waals surface area contributed by atoms with E-state index in [4.69, 9.17) is 6.57 Å². The third kappa shape index (κ3) is 3.96. The maximum absolute atomic E-state index is 12.8. The van der Waals surface area contributed by atoms with Crippen molar-refractivity contribution in [2.24, 2.45) is 0 Å². The van der Waals surface area contributed by atoms with Crippen LogP contribution in [-0.4, -0.2) is 28.3 Å². The van der Waals surface area contributed by atoms with E-state index in [1.807, 2.05) is 32.0 Å². The molecule has 0 saturated heterocycles. The van der Waals surface area contributed by atoms with E-state index < -0.39 is 0 Å². The number of fused-ring (bicyclic) bond motifs is 1. The average Bonchev–Trinajstić information content (AvgIpc) is 3.23. The molecule has 1 aliphatic rings. The second-order valence-electron chi connectivity index (χ2n) is 7.34. The van der Waals surface area contributed by atoms with E-state index in [0.29, 0.717) is 46.7 Å². The maximum atomic E-state index is 12.8. The summed E-state index contributed by atoms with van der Waals surface area (Å²) < 4.78 is 0. The Morgan fingerprint density at radius 2 is 2.10 bits per heavy atom. The van der Waals surface area contributed by atoms with Gasteiger partial charge in [-0.1, -0.05) is 12.1 Å². The molecule has 2 aromatic heterocycles. The number of hydrogen-bond acceptors (Lipinski definition) is 3. The minimum absolute atomic E-state index is 0.168. The van der Waals surface area contributed by atoms with Gasteiger partial charge in [0.1, 0.15) is 0 Å². The van der Waals surface area contributed by atoms with Gasteiger partial charge in [0, 0.05) is 53.1 Å². The molecular formula is C24H21N5O2. The van der Waals surface area contributed by atoms with Gasteiger partial charge in [-0.3, -0.25) is 14.6 Å². The summed E-state index contributed by atoms with van der Waals surface area (Å²) in [5, 5.41) is 5.76. The van der Waals surface area contributed by atoms with Crippen LogP contribution < -0.4 is 10.6 Å². The number of aromatic nitrogens is 2. The van der Waals surface area contributed by atoms with Crippen LogP contribution in [0.1, 0.15) is 38.6 Å². The highest BCUT2D eigenvalue weighted by molar-refractivity contribution is 6.35. The van der Waals surface area contributed by atoms with Crippen LogP contribution in [0.5, 0.6) is 0 Å². The van der Waals surface area contributed by atoms with Gasteiger partial charge in [-0.2, -0.15) is 0 Å². The van der Waals surface area contributed by atoms with Crippen LogP contribution in [0, 0.1) is 20.4 Å². The molecule has 1 aromatic carbocycles. The van der Waals surface area contributed by atoms with Crippen LogP contribution in [0.2, 0.25) is 0 Å². The van der Waals surface area contributed by atoms with Crippen molar-refractivity contribution in [1.82, 2.24) is 15.3 Å². The van der Waals surface area contributed by atoms with Gasteiger partial charge in [-0.25, -0.2) is 4.85 Å². The number of carbonyl (C=O) groups is 2. The summed E-state index contributed by atoms with van der Waals surface area (Å²) in [7, 11) is 0. The fourth-order valence-corrected chi connectivity index (χ4v) is 3.73. The molecule has 0 unspecified atom stereocenters. The van der Waals surface area contributed by atoms with Crippen LogP contribution in [0.15, 0.2) is 42.6 Å². The normalized spacial score (nSPS) is 13.6. The standard InChI is InChI=1S/C24H21N5O2/c1-14-21(13-19-18-12-17(25-3)7-8-20(18)29-23(19)30)28-15(2)22(14)24(31)27-11-9-16-6-4-5-10-26-16/h4-8,10,12-13,28H,9,11H2,1-2H3,(H,27,31)(H,29,30). The second kappa shape index (κ2) is 8.28. The van der Waals surface area contributed by atoms with Crippen molar-refractivity contribution >= 4 is 34.8 Å². The molecule has 0 aliphatic carbocycles. The minimum Gasteiger partial charge on any atom is -0.358 e. The van der Waals surface area contributed by atoms with Gasteiger partial charge in [-0.15, -0.1) is 0 Å². The van der Waals surface area contributed by atoms with Gasteiger partial charge in [0.15, 0.2) is 5.69 Å². The highest BCUT2D eigenvalue weighted by Gasteiger charge is 2.25. The molecule has 3 N–H and O–H groups in total. The zero-order valence-corrected chi connectivity index (χ0v) is 17.2. The predicted molar refractivity (Wildman–Crippen MR) is 120 cm³/mol. The SMILES string of the molecule is [C-]#[N+]c1ccc2c(c1)C(=Cc1[nH]c(C)c(C(=O)NCCc3ccccn3)c1C)C(=O)N2. The predicted octanol–water partition coefficient (Wildman–Crippen LogP) is 4.04. The summed E-state index contributed by atoms with van der Waals surface area (Å²) in [5.74, 6) is -0.399. The van der Waals surface area contributed by atoms with E-state index in [1.54, 1.807) is 30.5 Å². The minimum atomic E-state index is -0.231. The number of aryl methyl sites for hydroxylation is 1. The number of anilines is 1. The molecule has 0 radical (unpaired) electrons. The molecule has 0 spiro atoms. The van der Waals surface area contributed by atoms with Crippen molar-refractivity contribution in [2.45, 2.75) is 20.3 Å². The number of hydrogen-bond donors (Lipinski definition) is 3. The number of carbonyl (C=O) groups excluding carboxylic acids is 2. The van der Waals surface area contributed by atoms with Gasteiger partial charge >= 0.3 is 0 Å². The third-order valence-electron chi connectivity index (χ3n) is 5.30. The molecule has 154 valence electrons. The summed E-state index contributed by atoms with van der Waals surface area (Å²) in [6.07, 6.45) is 4.12. The van der Waals surface area contributed by atoms with Crippen molar-refractivity contribution in [1.29, 1.82) is 0 Å². The molecule has 7 nitrogen and oxygen atoms in total. The van der Waals surface area contributed by atoms with Gasteiger partial charge in [0.2, 0.25) is 0 Å². The Bertz CT molecular complexity index is 1250. The first kappa shape index (κ1) is 20.1. The third-order valence-corrected chi connectivity index (χ3v) is 5.30. The topological polar surface area (TPSA) is 91.2 Å². The number of aromatic amines is 1. The number of nitrogens with zero attached hydrogens (tertiary/aromatic N) is 2. The van der Waals surface area contributed by atoms with Gasteiger partial charge in [0.25, 0.3) is 11.8 Å². The molecule has 1 aliphatic heterocycles.